The number of aryl methyl sites for hydroxylation is 2. The third-order valence-electron chi connectivity index (χ3n) is 4.78. The zero-order valence-electron chi connectivity index (χ0n) is 13.2. The summed E-state index contributed by atoms with van der Waals surface area (Å²) in [6, 6.07) is 0.793. The highest BCUT2D eigenvalue weighted by Gasteiger charge is 2.32. The largest absolute Gasteiger partial charge is 0.303 e. The van der Waals surface area contributed by atoms with Crippen LogP contribution in [0.3, 0.4) is 0 Å². The van der Waals surface area contributed by atoms with Crippen molar-refractivity contribution in [1.82, 2.24) is 15.1 Å². The zero-order chi connectivity index (χ0) is 14.0. The molecule has 19 heavy (non-hydrogen) atoms. The molecule has 0 spiro atoms. The second kappa shape index (κ2) is 5.66. The van der Waals surface area contributed by atoms with Gasteiger partial charge in [-0.25, -0.2) is 0 Å². The Labute approximate surface area is 117 Å². The fraction of sp³-hybridized carbons (Fsp3) is 0.812. The molecule has 2 rings (SSSR count). The van der Waals surface area contributed by atoms with Crippen LogP contribution in [0.1, 0.15) is 56.5 Å². The van der Waals surface area contributed by atoms with E-state index in [1.807, 2.05) is 0 Å². The fourth-order valence-electron chi connectivity index (χ4n) is 3.41. The van der Waals surface area contributed by atoms with Crippen molar-refractivity contribution < 1.29 is 0 Å². The van der Waals surface area contributed by atoms with Crippen molar-refractivity contribution in [2.45, 2.75) is 65.8 Å². The molecule has 0 aliphatic heterocycles. The standard InChI is InChI=1S/C16H29N3/c1-12-15(13(2)18-17-12)7-6-10-19(5)14-8-9-16(3,4)11-14/h14H,6-11H2,1-5H3,(H,17,18). The molecule has 1 aromatic heterocycles. The summed E-state index contributed by atoms with van der Waals surface area (Å²) in [6.07, 6.45) is 6.48. The van der Waals surface area contributed by atoms with Crippen LogP contribution >= 0.6 is 0 Å². The number of H-pyrrole nitrogens is 1. The van der Waals surface area contributed by atoms with Gasteiger partial charge in [-0.05, 0) is 70.5 Å². The predicted octanol–water partition coefficient (Wildman–Crippen LogP) is 3.47. The van der Waals surface area contributed by atoms with E-state index in [9.17, 15) is 0 Å². The first kappa shape index (κ1) is 14.6. The van der Waals surface area contributed by atoms with Gasteiger partial charge in [0.05, 0.1) is 5.69 Å². The van der Waals surface area contributed by atoms with E-state index >= 15 is 0 Å². The molecule has 1 aliphatic carbocycles. The monoisotopic (exact) mass is 263 g/mol. The summed E-state index contributed by atoms with van der Waals surface area (Å²) in [5.41, 5.74) is 4.38. The Bertz CT molecular complexity index is 400. The smallest absolute Gasteiger partial charge is 0.0625 e. The first-order chi connectivity index (χ1) is 8.89. The lowest BCUT2D eigenvalue weighted by atomic mass is 9.91. The Morgan fingerprint density at radius 1 is 1.37 bits per heavy atom. The maximum atomic E-state index is 4.27. The quantitative estimate of drug-likeness (QED) is 0.882. The van der Waals surface area contributed by atoms with Gasteiger partial charge >= 0.3 is 0 Å². The van der Waals surface area contributed by atoms with Crippen LogP contribution in [0, 0.1) is 19.3 Å². The lowest BCUT2D eigenvalue weighted by Gasteiger charge is -2.26. The number of nitrogens with one attached hydrogen (secondary N) is 1. The first-order valence-corrected chi connectivity index (χ1v) is 7.60. The molecule has 1 aromatic rings. The van der Waals surface area contributed by atoms with E-state index in [4.69, 9.17) is 0 Å². The topological polar surface area (TPSA) is 31.9 Å². The molecule has 0 amide bonds. The van der Waals surface area contributed by atoms with E-state index in [0.29, 0.717) is 5.41 Å². The zero-order valence-corrected chi connectivity index (χ0v) is 13.2. The predicted molar refractivity (Wildman–Crippen MR) is 80.4 cm³/mol. The number of aromatic amines is 1. The third-order valence-corrected chi connectivity index (χ3v) is 4.78. The van der Waals surface area contributed by atoms with Gasteiger partial charge in [0.15, 0.2) is 0 Å². The van der Waals surface area contributed by atoms with Crippen LogP contribution in [0.2, 0.25) is 0 Å². The number of hydrogen-bond acceptors (Lipinski definition) is 2. The highest BCUT2D eigenvalue weighted by Crippen LogP contribution is 2.38. The maximum absolute atomic E-state index is 4.27. The second-order valence-corrected chi connectivity index (χ2v) is 7.06. The molecule has 0 aromatic carbocycles. The summed E-state index contributed by atoms with van der Waals surface area (Å²) in [7, 11) is 2.29. The van der Waals surface area contributed by atoms with Gasteiger partial charge in [0, 0.05) is 11.7 Å². The van der Waals surface area contributed by atoms with Gasteiger partial charge in [0.2, 0.25) is 0 Å². The van der Waals surface area contributed by atoms with Crippen LogP contribution in [-0.2, 0) is 6.42 Å². The van der Waals surface area contributed by atoms with Crippen LogP contribution in [0.5, 0.6) is 0 Å². The molecular weight excluding hydrogens is 234 g/mol. The van der Waals surface area contributed by atoms with E-state index in [2.05, 4.69) is 49.8 Å². The molecule has 3 heteroatoms. The van der Waals surface area contributed by atoms with Gasteiger partial charge in [-0.1, -0.05) is 13.8 Å². The van der Waals surface area contributed by atoms with Crippen LogP contribution in [0.4, 0.5) is 0 Å². The van der Waals surface area contributed by atoms with E-state index in [-0.39, 0.29) is 0 Å². The molecule has 0 saturated heterocycles. The molecule has 1 heterocycles. The van der Waals surface area contributed by atoms with Crippen LogP contribution in [-0.4, -0.2) is 34.7 Å². The Morgan fingerprint density at radius 2 is 2.11 bits per heavy atom. The summed E-state index contributed by atoms with van der Waals surface area (Å²) in [5, 5.41) is 7.35. The van der Waals surface area contributed by atoms with E-state index < -0.39 is 0 Å². The van der Waals surface area contributed by atoms with Crippen molar-refractivity contribution in [3.8, 4) is 0 Å². The van der Waals surface area contributed by atoms with Crippen molar-refractivity contribution in [1.29, 1.82) is 0 Å². The highest BCUT2D eigenvalue weighted by molar-refractivity contribution is 5.23. The van der Waals surface area contributed by atoms with Gasteiger partial charge in [0.25, 0.3) is 0 Å². The van der Waals surface area contributed by atoms with Crippen molar-refractivity contribution >= 4 is 0 Å². The Kier molecular flexibility index (Phi) is 4.34. The van der Waals surface area contributed by atoms with Crippen molar-refractivity contribution in [3.05, 3.63) is 17.0 Å². The summed E-state index contributed by atoms with van der Waals surface area (Å²) in [6.45, 7) is 10.2. The Morgan fingerprint density at radius 3 is 2.63 bits per heavy atom. The third kappa shape index (κ3) is 3.59. The number of rotatable bonds is 5. The molecule has 1 aliphatic rings. The van der Waals surface area contributed by atoms with Crippen LogP contribution in [0.25, 0.3) is 0 Å². The molecular formula is C16H29N3. The average Bonchev–Trinajstić information content (AvgIpc) is 2.85. The van der Waals surface area contributed by atoms with Crippen molar-refractivity contribution in [2.24, 2.45) is 5.41 Å². The number of nitrogens with zero attached hydrogens (tertiary/aromatic N) is 2. The molecule has 1 N–H and O–H groups in total. The minimum atomic E-state index is 0.552. The first-order valence-electron chi connectivity index (χ1n) is 7.60. The Balaban J connectivity index is 1.77. The molecule has 1 atom stereocenters. The van der Waals surface area contributed by atoms with Crippen molar-refractivity contribution in [3.63, 3.8) is 0 Å². The summed E-state index contributed by atoms with van der Waals surface area (Å²) < 4.78 is 0. The lowest BCUT2D eigenvalue weighted by Crippen LogP contribution is -2.31. The molecule has 1 unspecified atom stereocenters. The number of aromatic nitrogens is 2. The minimum absolute atomic E-state index is 0.552. The number of hydrogen-bond donors (Lipinski definition) is 1. The fourth-order valence-corrected chi connectivity index (χ4v) is 3.41. The molecule has 1 saturated carbocycles. The van der Waals surface area contributed by atoms with Gasteiger partial charge in [-0.3, -0.25) is 5.10 Å². The summed E-state index contributed by atoms with van der Waals surface area (Å²) >= 11 is 0. The molecule has 3 nitrogen and oxygen atoms in total. The Hall–Kier alpha value is -0.830. The summed E-state index contributed by atoms with van der Waals surface area (Å²) in [4.78, 5) is 2.57. The molecule has 1 fully saturated rings. The van der Waals surface area contributed by atoms with Gasteiger partial charge < -0.3 is 4.90 Å². The van der Waals surface area contributed by atoms with E-state index in [0.717, 1.165) is 12.5 Å². The van der Waals surface area contributed by atoms with E-state index in [1.165, 1.54) is 49.2 Å². The van der Waals surface area contributed by atoms with Gasteiger partial charge in [-0.15, -0.1) is 0 Å². The normalized spacial score (nSPS) is 22.3. The molecule has 108 valence electrons. The summed E-state index contributed by atoms with van der Waals surface area (Å²) in [5.74, 6) is 0. The second-order valence-electron chi connectivity index (χ2n) is 7.06. The van der Waals surface area contributed by atoms with Crippen LogP contribution in [0.15, 0.2) is 0 Å². The maximum Gasteiger partial charge on any atom is 0.0625 e. The highest BCUT2D eigenvalue weighted by atomic mass is 15.1. The van der Waals surface area contributed by atoms with Gasteiger partial charge in [0.1, 0.15) is 0 Å². The minimum Gasteiger partial charge on any atom is -0.303 e. The van der Waals surface area contributed by atoms with Gasteiger partial charge in [-0.2, -0.15) is 5.10 Å². The average molecular weight is 263 g/mol. The van der Waals surface area contributed by atoms with Crippen LogP contribution < -0.4 is 0 Å². The lowest BCUT2D eigenvalue weighted by molar-refractivity contribution is 0.225. The van der Waals surface area contributed by atoms with Crippen molar-refractivity contribution in [2.75, 3.05) is 13.6 Å². The SMILES string of the molecule is Cc1n[nH]c(C)c1CCCN(C)C1CCC(C)(C)C1. The van der Waals surface area contributed by atoms with E-state index in [1.54, 1.807) is 0 Å². The molecule has 0 radical (unpaired) electrons. The molecule has 0 bridgehead atoms.